The van der Waals surface area contributed by atoms with E-state index >= 15 is 0 Å². The molecular weight excluding hydrogens is 300 g/mol. The van der Waals surface area contributed by atoms with Crippen molar-refractivity contribution in [3.63, 3.8) is 0 Å². The van der Waals surface area contributed by atoms with E-state index < -0.39 is 17.7 Å². The van der Waals surface area contributed by atoms with Gasteiger partial charge in [0.25, 0.3) is 0 Å². The van der Waals surface area contributed by atoms with Crippen molar-refractivity contribution in [2.24, 2.45) is 0 Å². The van der Waals surface area contributed by atoms with Crippen LogP contribution >= 0.6 is 0 Å². The number of aromatic nitrogens is 2. The number of nitrogens with zero attached hydrogens (tertiary/aromatic N) is 3. The molecule has 1 N–H and O–H groups in total. The van der Waals surface area contributed by atoms with Gasteiger partial charge in [-0.1, -0.05) is 6.07 Å². The summed E-state index contributed by atoms with van der Waals surface area (Å²) in [7, 11) is 0. The second-order valence-electron chi connectivity index (χ2n) is 6.44. The number of imidazole rings is 1. The molecule has 0 unspecified atom stereocenters. The minimum Gasteiger partial charge on any atom is -0.387 e. The van der Waals surface area contributed by atoms with Crippen LogP contribution in [0.1, 0.15) is 41.9 Å². The maximum atomic E-state index is 13.8. The summed E-state index contributed by atoms with van der Waals surface area (Å²) >= 11 is 0. The lowest BCUT2D eigenvalue weighted by molar-refractivity contribution is 0.102. The molecule has 0 bridgehead atoms. The molecule has 2 aliphatic rings. The Hall–Kier alpha value is -1.79. The minimum atomic E-state index is -0.970. The van der Waals surface area contributed by atoms with Crippen molar-refractivity contribution < 1.29 is 13.9 Å². The van der Waals surface area contributed by atoms with E-state index in [4.69, 9.17) is 0 Å². The Morgan fingerprint density at radius 2 is 2.13 bits per heavy atom. The normalized spacial score (nSPS) is 19.6. The van der Waals surface area contributed by atoms with E-state index in [1.807, 2.05) is 6.33 Å². The molecular formula is C17H19F2N3O. The molecule has 1 saturated carbocycles. The summed E-state index contributed by atoms with van der Waals surface area (Å²) in [5.74, 6) is -1.33. The number of β-amino-alcohol motifs (C(OH)–C–C–N with tert-alkyl or cyclic N) is 1. The zero-order valence-corrected chi connectivity index (χ0v) is 12.8. The molecule has 1 fully saturated rings. The third-order valence-electron chi connectivity index (χ3n) is 4.71. The zero-order valence-electron chi connectivity index (χ0n) is 12.8. The van der Waals surface area contributed by atoms with Crippen LogP contribution in [0, 0.1) is 11.6 Å². The lowest BCUT2D eigenvalue weighted by atomic mass is 10.1. The van der Waals surface area contributed by atoms with Gasteiger partial charge in [-0.05, 0) is 18.9 Å². The van der Waals surface area contributed by atoms with Crippen molar-refractivity contribution in [3.05, 3.63) is 53.1 Å². The van der Waals surface area contributed by atoms with Gasteiger partial charge in [0, 0.05) is 49.4 Å². The number of hydrogen-bond acceptors (Lipinski definition) is 3. The zero-order chi connectivity index (χ0) is 16.0. The molecule has 1 aliphatic heterocycles. The lowest BCUT2D eigenvalue weighted by Crippen LogP contribution is -2.34. The number of rotatable bonds is 4. The summed E-state index contributed by atoms with van der Waals surface area (Å²) in [5, 5.41) is 10.3. The van der Waals surface area contributed by atoms with Gasteiger partial charge in [-0.25, -0.2) is 13.8 Å². The standard InChI is InChI=1S/C17H19F2N3O/c18-11-1-4-13(14(19)7-11)17(23)9-21-6-5-16-15(8-21)20-10-22(16)12-2-3-12/h1,4,7,10,12,17,23H,2-3,5-6,8-9H2/t17-/m0/s1. The Balaban J connectivity index is 1.45. The minimum absolute atomic E-state index is 0.140. The van der Waals surface area contributed by atoms with E-state index in [0.29, 0.717) is 19.1 Å². The highest BCUT2D eigenvalue weighted by atomic mass is 19.1. The van der Waals surface area contributed by atoms with Crippen molar-refractivity contribution in [3.8, 4) is 0 Å². The van der Waals surface area contributed by atoms with Crippen molar-refractivity contribution in [2.75, 3.05) is 13.1 Å². The summed E-state index contributed by atoms with van der Waals surface area (Å²) in [6, 6.07) is 3.92. The number of aliphatic hydroxyl groups is 1. The monoisotopic (exact) mass is 319 g/mol. The second-order valence-corrected chi connectivity index (χ2v) is 6.44. The predicted octanol–water partition coefficient (Wildman–Crippen LogP) is 2.59. The van der Waals surface area contributed by atoms with Gasteiger partial charge in [-0.3, -0.25) is 4.90 Å². The molecule has 0 spiro atoms. The largest absolute Gasteiger partial charge is 0.387 e. The van der Waals surface area contributed by atoms with E-state index in [-0.39, 0.29) is 5.56 Å². The summed E-state index contributed by atoms with van der Waals surface area (Å²) in [6.45, 7) is 1.79. The van der Waals surface area contributed by atoms with Crippen LogP contribution in [0.25, 0.3) is 0 Å². The number of fused-ring (bicyclic) bond motifs is 1. The van der Waals surface area contributed by atoms with E-state index in [0.717, 1.165) is 24.7 Å². The van der Waals surface area contributed by atoms with Gasteiger partial charge in [0.15, 0.2) is 0 Å². The molecule has 4 nitrogen and oxygen atoms in total. The third kappa shape index (κ3) is 2.88. The third-order valence-corrected chi connectivity index (χ3v) is 4.71. The molecule has 1 aromatic carbocycles. The van der Waals surface area contributed by atoms with E-state index in [1.165, 1.54) is 30.7 Å². The topological polar surface area (TPSA) is 41.3 Å². The van der Waals surface area contributed by atoms with Crippen molar-refractivity contribution in [1.29, 1.82) is 0 Å². The molecule has 6 heteroatoms. The quantitative estimate of drug-likeness (QED) is 0.942. The fourth-order valence-corrected chi connectivity index (χ4v) is 3.32. The summed E-state index contributed by atoms with van der Waals surface area (Å²) < 4.78 is 29.0. The van der Waals surface area contributed by atoms with Crippen LogP contribution in [0.3, 0.4) is 0 Å². The first kappa shape index (κ1) is 14.8. The van der Waals surface area contributed by atoms with Gasteiger partial charge >= 0.3 is 0 Å². The Kier molecular flexibility index (Phi) is 3.66. The van der Waals surface area contributed by atoms with Gasteiger partial charge in [0.2, 0.25) is 0 Å². The van der Waals surface area contributed by atoms with Crippen LogP contribution < -0.4 is 0 Å². The van der Waals surface area contributed by atoms with Crippen LogP contribution in [0.2, 0.25) is 0 Å². The van der Waals surface area contributed by atoms with Crippen LogP contribution in [-0.4, -0.2) is 32.6 Å². The van der Waals surface area contributed by atoms with Crippen LogP contribution in [-0.2, 0) is 13.0 Å². The Morgan fingerprint density at radius 3 is 2.87 bits per heavy atom. The Labute approximate surface area is 133 Å². The first-order valence-corrected chi connectivity index (χ1v) is 8.02. The molecule has 0 amide bonds. The van der Waals surface area contributed by atoms with Crippen molar-refractivity contribution in [1.82, 2.24) is 14.5 Å². The van der Waals surface area contributed by atoms with Crippen molar-refractivity contribution in [2.45, 2.75) is 38.0 Å². The molecule has 2 aromatic rings. The van der Waals surface area contributed by atoms with Gasteiger partial charge in [-0.15, -0.1) is 0 Å². The molecule has 1 atom stereocenters. The van der Waals surface area contributed by atoms with Gasteiger partial charge < -0.3 is 9.67 Å². The predicted molar refractivity (Wildman–Crippen MR) is 80.8 cm³/mol. The SMILES string of the molecule is O[C@@H](CN1CCc2c(ncn2C2CC2)C1)c1ccc(F)cc1F. The fraction of sp³-hybridized carbons (Fsp3) is 0.471. The van der Waals surface area contributed by atoms with E-state index in [9.17, 15) is 13.9 Å². The highest BCUT2D eigenvalue weighted by Crippen LogP contribution is 2.37. The number of aliphatic hydroxyl groups excluding tert-OH is 1. The fourth-order valence-electron chi connectivity index (χ4n) is 3.32. The average Bonchev–Trinajstić information content (AvgIpc) is 3.27. The first-order chi connectivity index (χ1) is 11.1. The smallest absolute Gasteiger partial charge is 0.131 e. The van der Waals surface area contributed by atoms with Crippen LogP contribution in [0.5, 0.6) is 0 Å². The first-order valence-electron chi connectivity index (χ1n) is 8.02. The maximum Gasteiger partial charge on any atom is 0.131 e. The second kappa shape index (κ2) is 5.69. The van der Waals surface area contributed by atoms with Gasteiger partial charge in [-0.2, -0.15) is 0 Å². The number of hydrogen-bond donors (Lipinski definition) is 1. The molecule has 0 radical (unpaired) electrons. The van der Waals surface area contributed by atoms with Gasteiger partial charge in [0.1, 0.15) is 11.6 Å². The summed E-state index contributed by atoms with van der Waals surface area (Å²) in [5.41, 5.74) is 2.49. The number of halogens is 2. The Bertz CT molecular complexity index is 727. The number of benzene rings is 1. The molecule has 4 rings (SSSR count). The highest BCUT2D eigenvalue weighted by Gasteiger charge is 2.30. The van der Waals surface area contributed by atoms with Gasteiger partial charge in [0.05, 0.1) is 18.1 Å². The summed E-state index contributed by atoms with van der Waals surface area (Å²) in [6.07, 6.45) is 4.30. The average molecular weight is 319 g/mol. The van der Waals surface area contributed by atoms with Crippen LogP contribution in [0.15, 0.2) is 24.5 Å². The molecule has 122 valence electrons. The highest BCUT2D eigenvalue weighted by molar-refractivity contribution is 5.22. The lowest BCUT2D eigenvalue weighted by Gasteiger charge is -2.29. The van der Waals surface area contributed by atoms with Crippen LogP contribution in [0.4, 0.5) is 8.78 Å². The van der Waals surface area contributed by atoms with E-state index in [2.05, 4.69) is 14.5 Å². The molecule has 23 heavy (non-hydrogen) atoms. The van der Waals surface area contributed by atoms with Crippen molar-refractivity contribution >= 4 is 0 Å². The summed E-state index contributed by atoms with van der Waals surface area (Å²) in [4.78, 5) is 6.56. The Morgan fingerprint density at radius 1 is 1.30 bits per heavy atom. The molecule has 0 saturated heterocycles. The van der Waals surface area contributed by atoms with E-state index in [1.54, 1.807) is 0 Å². The molecule has 2 heterocycles. The maximum absolute atomic E-state index is 13.8. The molecule has 1 aromatic heterocycles. The molecule has 1 aliphatic carbocycles.